The van der Waals surface area contributed by atoms with Gasteiger partial charge >= 0.3 is 0 Å². The number of carbonyl (C=O) groups excluding carboxylic acids is 1. The maximum Gasteiger partial charge on any atom is 0.254 e. The summed E-state index contributed by atoms with van der Waals surface area (Å²) >= 11 is 6.17. The third kappa shape index (κ3) is 3.91. The molecule has 1 amide bonds. The van der Waals surface area contributed by atoms with Gasteiger partial charge in [0, 0.05) is 36.6 Å². The van der Waals surface area contributed by atoms with Crippen LogP contribution in [-0.2, 0) is 0 Å². The summed E-state index contributed by atoms with van der Waals surface area (Å²) in [6, 6.07) is 15.7. The molecule has 0 aliphatic carbocycles. The summed E-state index contributed by atoms with van der Waals surface area (Å²) in [7, 11) is 0. The van der Waals surface area contributed by atoms with E-state index >= 15 is 0 Å². The van der Waals surface area contributed by atoms with Crippen molar-refractivity contribution in [2.75, 3.05) is 0 Å². The van der Waals surface area contributed by atoms with E-state index in [-0.39, 0.29) is 23.6 Å². The minimum Gasteiger partial charge on any atom is -0.487 e. The van der Waals surface area contributed by atoms with Gasteiger partial charge in [-0.05, 0) is 55.5 Å². The molecule has 4 rings (SSSR count). The maximum absolute atomic E-state index is 13.3. The second-order valence-corrected chi connectivity index (χ2v) is 9.50. The molecule has 2 unspecified atom stereocenters. The molecular weight excluding hydrogens is 396 g/mol. The zero-order valence-electron chi connectivity index (χ0n) is 17.7. The summed E-state index contributed by atoms with van der Waals surface area (Å²) in [6.07, 6.45) is 3.59. The van der Waals surface area contributed by atoms with Gasteiger partial charge < -0.3 is 9.64 Å². The van der Waals surface area contributed by atoms with E-state index in [2.05, 4.69) is 43.9 Å². The molecule has 0 N–H and O–H groups in total. The number of hydrogen-bond acceptors (Lipinski definition) is 3. The molecule has 2 aliphatic rings. The SMILES string of the molecule is CC(C)c1ccc(C(=O)N2C3CCC2CC(C)(Oc2ccc(C#N)c(Cl)c2)C3)cc1. The van der Waals surface area contributed by atoms with Crippen LogP contribution in [0.4, 0.5) is 0 Å². The Kier molecular flexibility index (Phi) is 5.51. The molecule has 0 spiro atoms. The number of nitrogens with zero attached hydrogens (tertiary/aromatic N) is 2. The molecular formula is C25H27ClN2O2. The number of carbonyl (C=O) groups is 1. The Morgan fingerprint density at radius 3 is 2.33 bits per heavy atom. The predicted octanol–water partition coefficient (Wildman–Crippen LogP) is 5.94. The monoisotopic (exact) mass is 422 g/mol. The third-order valence-corrected chi connectivity index (χ3v) is 6.75. The van der Waals surface area contributed by atoms with E-state index in [1.54, 1.807) is 18.2 Å². The van der Waals surface area contributed by atoms with Crippen molar-refractivity contribution in [2.24, 2.45) is 0 Å². The number of benzene rings is 2. The normalized spacial score (nSPS) is 25.3. The van der Waals surface area contributed by atoms with Crippen molar-refractivity contribution in [1.82, 2.24) is 4.90 Å². The van der Waals surface area contributed by atoms with Crippen LogP contribution in [0.5, 0.6) is 5.75 Å². The van der Waals surface area contributed by atoms with Crippen LogP contribution in [0, 0.1) is 11.3 Å². The predicted molar refractivity (Wildman–Crippen MR) is 118 cm³/mol. The fourth-order valence-corrected chi connectivity index (χ4v) is 5.16. The molecule has 4 nitrogen and oxygen atoms in total. The summed E-state index contributed by atoms with van der Waals surface area (Å²) in [5.74, 6) is 1.25. The Balaban J connectivity index is 1.49. The Labute approximate surface area is 183 Å². The van der Waals surface area contributed by atoms with Crippen LogP contribution >= 0.6 is 11.6 Å². The molecule has 2 bridgehead atoms. The number of nitriles is 1. The van der Waals surface area contributed by atoms with Crippen molar-refractivity contribution in [3.63, 3.8) is 0 Å². The third-order valence-electron chi connectivity index (χ3n) is 6.44. The summed E-state index contributed by atoms with van der Waals surface area (Å²) in [6.45, 7) is 6.43. The van der Waals surface area contributed by atoms with Crippen LogP contribution in [0.2, 0.25) is 5.02 Å². The van der Waals surface area contributed by atoms with Crippen LogP contribution in [0.1, 0.15) is 73.9 Å². The fraction of sp³-hybridized carbons (Fsp3) is 0.440. The van der Waals surface area contributed by atoms with Crippen molar-refractivity contribution in [1.29, 1.82) is 5.26 Å². The molecule has 5 heteroatoms. The number of hydrogen-bond donors (Lipinski definition) is 0. The lowest BCUT2D eigenvalue weighted by atomic mass is 9.87. The maximum atomic E-state index is 13.3. The highest BCUT2D eigenvalue weighted by atomic mass is 35.5. The minimum absolute atomic E-state index is 0.126. The van der Waals surface area contributed by atoms with E-state index in [1.807, 2.05) is 12.1 Å². The van der Waals surface area contributed by atoms with Gasteiger partial charge in [-0.25, -0.2) is 0 Å². The van der Waals surface area contributed by atoms with Crippen molar-refractivity contribution in [2.45, 2.75) is 70.1 Å². The summed E-state index contributed by atoms with van der Waals surface area (Å²) in [5, 5.41) is 9.47. The Morgan fingerprint density at radius 2 is 1.80 bits per heavy atom. The first-order valence-corrected chi connectivity index (χ1v) is 11.0. The van der Waals surface area contributed by atoms with E-state index in [9.17, 15) is 4.79 Å². The minimum atomic E-state index is -0.360. The van der Waals surface area contributed by atoms with Gasteiger partial charge in [0.25, 0.3) is 5.91 Å². The van der Waals surface area contributed by atoms with E-state index in [0.29, 0.717) is 22.3 Å². The van der Waals surface area contributed by atoms with Crippen LogP contribution in [0.3, 0.4) is 0 Å². The van der Waals surface area contributed by atoms with E-state index < -0.39 is 0 Å². The first-order chi connectivity index (χ1) is 14.3. The number of amides is 1. The Morgan fingerprint density at radius 1 is 1.17 bits per heavy atom. The first-order valence-electron chi connectivity index (χ1n) is 10.6. The van der Waals surface area contributed by atoms with E-state index in [4.69, 9.17) is 21.6 Å². The molecule has 2 fully saturated rings. The van der Waals surface area contributed by atoms with E-state index in [0.717, 1.165) is 31.2 Å². The molecule has 30 heavy (non-hydrogen) atoms. The molecule has 2 aromatic rings. The first kappa shape index (κ1) is 20.8. The molecule has 2 atom stereocenters. The van der Waals surface area contributed by atoms with Crippen LogP contribution in [0.15, 0.2) is 42.5 Å². The molecule has 2 aliphatic heterocycles. The van der Waals surface area contributed by atoms with Gasteiger partial charge in [-0.3, -0.25) is 4.79 Å². The number of fused-ring (bicyclic) bond motifs is 2. The van der Waals surface area contributed by atoms with Gasteiger partial charge in [-0.2, -0.15) is 5.26 Å². The Hall–Kier alpha value is -2.51. The standard InChI is InChI=1S/C25H27ClN2O2/c1-16(2)17-4-6-18(7-5-17)24(29)28-20-9-10-21(28)14-25(3,13-20)30-22-11-8-19(15-27)23(26)12-22/h4-8,11-12,16,20-21H,9-10,13-14H2,1-3H3. The molecule has 2 heterocycles. The molecule has 156 valence electrons. The number of piperidine rings is 1. The van der Waals surface area contributed by atoms with Crippen molar-refractivity contribution in [3.8, 4) is 11.8 Å². The molecule has 0 radical (unpaired) electrons. The lowest BCUT2D eigenvalue weighted by molar-refractivity contribution is -0.0128. The second-order valence-electron chi connectivity index (χ2n) is 9.09. The number of ether oxygens (including phenoxy) is 1. The smallest absolute Gasteiger partial charge is 0.254 e. The molecule has 0 saturated carbocycles. The topological polar surface area (TPSA) is 53.3 Å². The van der Waals surface area contributed by atoms with Gasteiger partial charge in [0.15, 0.2) is 0 Å². The number of rotatable bonds is 4. The van der Waals surface area contributed by atoms with Crippen LogP contribution in [-0.4, -0.2) is 28.5 Å². The van der Waals surface area contributed by atoms with Gasteiger partial charge in [0.05, 0.1) is 10.6 Å². The fourth-order valence-electron chi connectivity index (χ4n) is 4.95. The Bertz CT molecular complexity index is 979. The molecule has 2 aromatic carbocycles. The summed E-state index contributed by atoms with van der Waals surface area (Å²) < 4.78 is 6.35. The van der Waals surface area contributed by atoms with E-state index in [1.165, 1.54) is 5.56 Å². The zero-order chi connectivity index (χ0) is 21.5. The molecule has 0 aromatic heterocycles. The molecule has 2 saturated heterocycles. The second kappa shape index (κ2) is 7.96. The average molecular weight is 423 g/mol. The highest BCUT2D eigenvalue weighted by Crippen LogP contribution is 2.43. The van der Waals surface area contributed by atoms with Gasteiger partial charge in [0.1, 0.15) is 17.4 Å². The van der Waals surface area contributed by atoms with Crippen molar-refractivity contribution >= 4 is 17.5 Å². The number of halogens is 1. The largest absolute Gasteiger partial charge is 0.487 e. The van der Waals surface area contributed by atoms with Crippen LogP contribution in [0.25, 0.3) is 0 Å². The highest BCUT2D eigenvalue weighted by Gasteiger charge is 2.49. The summed E-state index contributed by atoms with van der Waals surface area (Å²) in [4.78, 5) is 15.3. The lowest BCUT2D eigenvalue weighted by Crippen LogP contribution is -2.54. The van der Waals surface area contributed by atoms with Gasteiger partial charge in [-0.15, -0.1) is 0 Å². The van der Waals surface area contributed by atoms with Gasteiger partial charge in [-0.1, -0.05) is 37.6 Å². The van der Waals surface area contributed by atoms with Crippen LogP contribution < -0.4 is 4.74 Å². The van der Waals surface area contributed by atoms with Crippen molar-refractivity contribution < 1.29 is 9.53 Å². The van der Waals surface area contributed by atoms with Gasteiger partial charge in [0.2, 0.25) is 0 Å². The quantitative estimate of drug-likeness (QED) is 0.612. The zero-order valence-corrected chi connectivity index (χ0v) is 18.4. The van der Waals surface area contributed by atoms with Crippen molar-refractivity contribution in [3.05, 3.63) is 64.2 Å². The average Bonchev–Trinajstić information content (AvgIpc) is 2.99. The lowest BCUT2D eigenvalue weighted by Gasteiger charge is -2.44. The summed E-state index contributed by atoms with van der Waals surface area (Å²) in [5.41, 5.74) is 2.09. The highest BCUT2D eigenvalue weighted by molar-refractivity contribution is 6.31.